The summed E-state index contributed by atoms with van der Waals surface area (Å²) in [7, 11) is 0. The molecule has 0 radical (unpaired) electrons. The van der Waals surface area contributed by atoms with Crippen molar-refractivity contribution in [2.75, 3.05) is 6.61 Å². The fourth-order valence-electron chi connectivity index (χ4n) is 0.415. The lowest BCUT2D eigenvalue weighted by Gasteiger charge is -2.18. The minimum absolute atomic E-state index is 0.0792. The van der Waals surface area contributed by atoms with Gasteiger partial charge in [-0.3, -0.25) is 4.79 Å². The fraction of sp³-hybridized carbons (Fsp3) is 0.667. The Morgan fingerprint density at radius 3 is 2.33 bits per heavy atom. The van der Waals surface area contributed by atoms with Crippen LogP contribution < -0.4 is 5.73 Å². The molecule has 0 aliphatic rings. The smallest absolute Gasteiger partial charge is 0.404 e. The minimum atomic E-state index is -0.899. The van der Waals surface area contributed by atoms with E-state index in [1.54, 1.807) is 13.8 Å². The van der Waals surface area contributed by atoms with E-state index in [1.807, 2.05) is 0 Å². The fourth-order valence-corrected chi connectivity index (χ4v) is 1.01. The molecule has 0 aromatic heterocycles. The molecule has 0 bridgehead atoms. The van der Waals surface area contributed by atoms with E-state index in [4.69, 9.17) is 5.73 Å². The van der Waals surface area contributed by atoms with Crippen LogP contribution in [0.25, 0.3) is 0 Å². The third-order valence-electron chi connectivity index (χ3n) is 1.20. The molecule has 1 amide bonds. The first-order valence-electron chi connectivity index (χ1n) is 3.15. The molecule has 0 fully saturated rings. The molecule has 2 N–H and O–H groups in total. The Labute approximate surface area is 84.3 Å². The molecule has 6 heteroatoms. The maximum Gasteiger partial charge on any atom is 0.404 e. The number of primary amides is 1. The number of hydrogen-bond acceptors (Lipinski definition) is 4. The van der Waals surface area contributed by atoms with Gasteiger partial charge in [0.15, 0.2) is 23.0 Å². The number of ether oxygens (including phenoxy) is 1. The Kier molecular flexibility index (Phi) is 4.29. The molecule has 70 valence electrons. The first-order chi connectivity index (χ1) is 5.40. The van der Waals surface area contributed by atoms with Gasteiger partial charge in [0.1, 0.15) is 6.61 Å². The molecular formula is C6H10INO4. The molecule has 0 saturated heterocycles. The Balaban J connectivity index is 4.03. The third-order valence-corrected chi connectivity index (χ3v) is 1.60. The zero-order valence-electron chi connectivity index (χ0n) is 6.80. The standard InChI is InChI=1S/C6H10INO4/c1-6(2,4(9)12-7)3-11-5(8)10/h3H2,1-2H3,(H2,8,10). The van der Waals surface area contributed by atoms with Gasteiger partial charge in [-0.05, 0) is 13.8 Å². The van der Waals surface area contributed by atoms with E-state index < -0.39 is 17.5 Å². The van der Waals surface area contributed by atoms with Crippen molar-refractivity contribution in [3.63, 3.8) is 0 Å². The lowest BCUT2D eigenvalue weighted by atomic mass is 9.95. The number of rotatable bonds is 3. The van der Waals surface area contributed by atoms with Crippen LogP contribution in [0.2, 0.25) is 0 Å². The van der Waals surface area contributed by atoms with Gasteiger partial charge in [-0.25, -0.2) is 4.79 Å². The van der Waals surface area contributed by atoms with Crippen molar-refractivity contribution in [2.24, 2.45) is 11.1 Å². The first-order valence-corrected chi connectivity index (χ1v) is 4.03. The van der Waals surface area contributed by atoms with Crippen LogP contribution in [0.15, 0.2) is 0 Å². The monoisotopic (exact) mass is 287 g/mol. The summed E-state index contributed by atoms with van der Waals surface area (Å²) in [4.78, 5) is 21.2. The highest BCUT2D eigenvalue weighted by Crippen LogP contribution is 2.18. The number of hydrogen-bond donors (Lipinski definition) is 1. The lowest BCUT2D eigenvalue weighted by molar-refractivity contribution is -0.142. The zero-order chi connectivity index (χ0) is 9.78. The van der Waals surface area contributed by atoms with Gasteiger partial charge in [0, 0.05) is 0 Å². The van der Waals surface area contributed by atoms with Crippen molar-refractivity contribution in [2.45, 2.75) is 13.8 Å². The van der Waals surface area contributed by atoms with E-state index in [2.05, 4.69) is 7.80 Å². The molecule has 5 nitrogen and oxygen atoms in total. The van der Waals surface area contributed by atoms with E-state index in [-0.39, 0.29) is 6.61 Å². The molecule has 0 spiro atoms. The second-order valence-corrected chi connectivity index (χ2v) is 3.30. The van der Waals surface area contributed by atoms with Crippen molar-refractivity contribution >= 4 is 35.1 Å². The van der Waals surface area contributed by atoms with E-state index in [0.29, 0.717) is 0 Å². The van der Waals surface area contributed by atoms with E-state index in [0.717, 1.165) is 0 Å². The van der Waals surface area contributed by atoms with Gasteiger partial charge in [-0.1, -0.05) is 0 Å². The Morgan fingerprint density at radius 2 is 2.00 bits per heavy atom. The summed E-state index contributed by atoms with van der Waals surface area (Å²) in [5, 5.41) is 0. The number of carbonyl (C=O) groups excluding carboxylic acids is 2. The Morgan fingerprint density at radius 1 is 1.50 bits per heavy atom. The zero-order valence-corrected chi connectivity index (χ0v) is 8.95. The van der Waals surface area contributed by atoms with Crippen LogP contribution in [0, 0.1) is 5.41 Å². The maximum absolute atomic E-state index is 11.0. The summed E-state index contributed by atoms with van der Waals surface area (Å²) < 4.78 is 8.91. The summed E-state index contributed by atoms with van der Waals surface area (Å²) in [6, 6.07) is 0. The molecule has 0 saturated carbocycles. The van der Waals surface area contributed by atoms with Gasteiger partial charge < -0.3 is 13.5 Å². The molecule has 0 aliphatic carbocycles. The maximum atomic E-state index is 11.0. The first kappa shape index (κ1) is 11.5. The van der Waals surface area contributed by atoms with Crippen LogP contribution in [0.3, 0.4) is 0 Å². The molecule has 0 atom stereocenters. The Hall–Kier alpha value is -0.530. The van der Waals surface area contributed by atoms with Crippen molar-refractivity contribution in [3.8, 4) is 0 Å². The largest absolute Gasteiger partial charge is 0.449 e. The van der Waals surface area contributed by atoms with Crippen molar-refractivity contribution in [3.05, 3.63) is 0 Å². The lowest BCUT2D eigenvalue weighted by Crippen LogP contribution is -2.32. The second kappa shape index (κ2) is 4.48. The van der Waals surface area contributed by atoms with Crippen LogP contribution in [0.4, 0.5) is 4.79 Å². The molecular weight excluding hydrogens is 277 g/mol. The summed E-state index contributed by atoms with van der Waals surface area (Å²) >= 11 is 1.47. The van der Waals surface area contributed by atoms with Crippen LogP contribution in [-0.2, 0) is 12.6 Å². The Bertz CT molecular complexity index is 192. The van der Waals surface area contributed by atoms with Crippen LogP contribution >= 0.6 is 23.0 Å². The normalized spacial score (nSPS) is 10.6. The average molecular weight is 287 g/mol. The van der Waals surface area contributed by atoms with Crippen molar-refractivity contribution in [1.29, 1.82) is 0 Å². The van der Waals surface area contributed by atoms with Gasteiger partial charge in [0.05, 0.1) is 5.41 Å². The SMILES string of the molecule is CC(C)(COC(N)=O)C(=O)OI. The van der Waals surface area contributed by atoms with Crippen molar-refractivity contribution in [1.82, 2.24) is 0 Å². The van der Waals surface area contributed by atoms with Crippen LogP contribution in [-0.4, -0.2) is 18.7 Å². The highest BCUT2D eigenvalue weighted by molar-refractivity contribution is 14.1. The molecule has 0 aliphatic heterocycles. The molecule has 12 heavy (non-hydrogen) atoms. The van der Waals surface area contributed by atoms with Gasteiger partial charge in [-0.2, -0.15) is 0 Å². The third kappa shape index (κ3) is 3.74. The van der Waals surface area contributed by atoms with Gasteiger partial charge in [0.2, 0.25) is 0 Å². The van der Waals surface area contributed by atoms with E-state index in [9.17, 15) is 9.59 Å². The summed E-state index contributed by atoms with van der Waals surface area (Å²) in [5.74, 6) is -0.454. The molecule has 0 heterocycles. The second-order valence-electron chi connectivity index (χ2n) is 2.86. The predicted octanol–water partition coefficient (Wildman–Crippen LogP) is 1.00. The summed E-state index contributed by atoms with van der Waals surface area (Å²) in [6.45, 7) is 3.11. The summed E-state index contributed by atoms with van der Waals surface area (Å²) in [5.41, 5.74) is 3.88. The quantitative estimate of drug-likeness (QED) is 0.785. The van der Waals surface area contributed by atoms with Crippen LogP contribution in [0.1, 0.15) is 13.8 Å². The van der Waals surface area contributed by atoms with E-state index >= 15 is 0 Å². The highest BCUT2D eigenvalue weighted by atomic mass is 127. The highest BCUT2D eigenvalue weighted by Gasteiger charge is 2.30. The van der Waals surface area contributed by atoms with E-state index in [1.165, 1.54) is 23.0 Å². The summed E-state index contributed by atoms with van der Waals surface area (Å²) in [6.07, 6.45) is -0.899. The number of nitrogens with two attached hydrogens (primary N) is 1. The average Bonchev–Trinajstić information content (AvgIpc) is 1.99. The number of carbonyl (C=O) groups is 2. The molecule has 0 aromatic carbocycles. The topological polar surface area (TPSA) is 78.6 Å². The molecule has 0 aromatic rings. The minimum Gasteiger partial charge on any atom is -0.449 e. The molecule has 0 rings (SSSR count). The van der Waals surface area contributed by atoms with Gasteiger partial charge in [-0.15, -0.1) is 0 Å². The number of amides is 1. The van der Waals surface area contributed by atoms with Gasteiger partial charge in [0.25, 0.3) is 0 Å². The van der Waals surface area contributed by atoms with Crippen molar-refractivity contribution < 1.29 is 17.4 Å². The predicted molar refractivity (Wildman–Crippen MR) is 49.4 cm³/mol. The molecule has 0 unspecified atom stereocenters. The number of halogens is 1. The van der Waals surface area contributed by atoms with Crippen LogP contribution in [0.5, 0.6) is 0 Å². The van der Waals surface area contributed by atoms with Gasteiger partial charge >= 0.3 is 12.1 Å².